The minimum Gasteiger partial charge on any atom is -0.493 e. The van der Waals surface area contributed by atoms with E-state index in [1.54, 1.807) is 26.0 Å². The summed E-state index contributed by atoms with van der Waals surface area (Å²) in [6, 6.07) is 5.50. The first-order chi connectivity index (χ1) is 11.6. The molecule has 0 unspecified atom stereocenters. The molecule has 7 nitrogen and oxygen atoms in total. The van der Waals surface area contributed by atoms with Gasteiger partial charge in [-0.1, -0.05) is 13.8 Å². The third kappa shape index (κ3) is 4.93. The number of hydrogen-bond donors (Lipinski definition) is 3. The third-order valence-corrected chi connectivity index (χ3v) is 5.50. The van der Waals surface area contributed by atoms with E-state index in [-0.39, 0.29) is 29.2 Å². The maximum Gasteiger partial charge on any atom is 0.222 e. The van der Waals surface area contributed by atoms with Gasteiger partial charge in [0.1, 0.15) is 11.9 Å². The highest BCUT2D eigenvalue weighted by Gasteiger charge is 2.42. The fourth-order valence-electron chi connectivity index (χ4n) is 2.77. The van der Waals surface area contributed by atoms with Gasteiger partial charge in [-0.15, -0.1) is 0 Å². The number of aliphatic hydroxyl groups excluding tert-OH is 2. The van der Waals surface area contributed by atoms with Gasteiger partial charge in [0, 0.05) is 18.1 Å². The predicted molar refractivity (Wildman–Crippen MR) is 91.9 cm³/mol. The molecule has 1 saturated carbocycles. The van der Waals surface area contributed by atoms with E-state index in [4.69, 9.17) is 4.74 Å². The summed E-state index contributed by atoms with van der Waals surface area (Å²) in [5.41, 5.74) is 0. The van der Waals surface area contributed by atoms with Crippen LogP contribution in [-0.4, -0.2) is 55.7 Å². The average Bonchev–Trinajstić information content (AvgIpc) is 2.80. The smallest absolute Gasteiger partial charge is 0.222 e. The van der Waals surface area contributed by atoms with E-state index in [1.165, 1.54) is 12.1 Å². The number of sulfone groups is 1. The van der Waals surface area contributed by atoms with Crippen molar-refractivity contribution in [3.63, 3.8) is 0 Å². The SMILES string of the molecule is CC(C)C(=O)N[C@@H]1C[C@H](COc2ccc(S(C)(=O)=O)cc2)[C@@H](O)[C@H]1O. The second-order valence-corrected chi connectivity index (χ2v) is 8.82. The largest absolute Gasteiger partial charge is 0.493 e. The van der Waals surface area contributed by atoms with Crippen LogP contribution < -0.4 is 10.1 Å². The van der Waals surface area contributed by atoms with Crippen molar-refractivity contribution in [2.45, 2.75) is 43.4 Å². The van der Waals surface area contributed by atoms with E-state index >= 15 is 0 Å². The maximum absolute atomic E-state index is 11.8. The molecule has 0 bridgehead atoms. The first kappa shape index (κ1) is 19.7. The van der Waals surface area contributed by atoms with E-state index in [1.807, 2.05) is 0 Å². The van der Waals surface area contributed by atoms with Crippen LogP contribution in [0.1, 0.15) is 20.3 Å². The fourth-order valence-corrected chi connectivity index (χ4v) is 3.40. The summed E-state index contributed by atoms with van der Waals surface area (Å²) >= 11 is 0. The second-order valence-electron chi connectivity index (χ2n) is 6.80. The van der Waals surface area contributed by atoms with Crippen molar-refractivity contribution in [3.05, 3.63) is 24.3 Å². The van der Waals surface area contributed by atoms with E-state index in [9.17, 15) is 23.4 Å². The monoisotopic (exact) mass is 371 g/mol. The van der Waals surface area contributed by atoms with Crippen LogP contribution in [0.2, 0.25) is 0 Å². The van der Waals surface area contributed by atoms with Gasteiger partial charge in [-0.2, -0.15) is 0 Å². The molecule has 1 aromatic carbocycles. The van der Waals surface area contributed by atoms with E-state index < -0.39 is 28.1 Å². The molecule has 4 atom stereocenters. The summed E-state index contributed by atoms with van der Waals surface area (Å²) in [4.78, 5) is 12.0. The molecule has 25 heavy (non-hydrogen) atoms. The molecular formula is C17H25NO6S. The predicted octanol–water partition coefficient (Wildman–Crippen LogP) is 0.351. The van der Waals surface area contributed by atoms with Crippen LogP contribution in [0.4, 0.5) is 0 Å². The standard InChI is InChI=1S/C17H25NO6S/c1-10(2)17(21)18-14-8-11(15(19)16(14)20)9-24-12-4-6-13(7-5-12)25(3,22)23/h4-7,10-11,14-16,19-20H,8-9H2,1-3H3,(H,18,21)/t11-,14-,15-,16+/m1/s1. The Labute approximate surface area is 147 Å². The van der Waals surface area contributed by atoms with Gasteiger partial charge < -0.3 is 20.3 Å². The molecular weight excluding hydrogens is 346 g/mol. The summed E-state index contributed by atoms with van der Waals surface area (Å²) in [5.74, 6) is -0.229. The minimum atomic E-state index is -3.26. The number of hydrogen-bond acceptors (Lipinski definition) is 6. The van der Waals surface area contributed by atoms with Gasteiger partial charge in [0.2, 0.25) is 5.91 Å². The van der Waals surface area contributed by atoms with Gasteiger partial charge in [0.25, 0.3) is 0 Å². The van der Waals surface area contributed by atoms with Crippen molar-refractivity contribution in [2.24, 2.45) is 11.8 Å². The summed E-state index contributed by atoms with van der Waals surface area (Å²) in [6.45, 7) is 3.67. The van der Waals surface area contributed by atoms with Crippen LogP contribution in [0.5, 0.6) is 5.75 Å². The van der Waals surface area contributed by atoms with Gasteiger partial charge in [-0.05, 0) is 30.7 Å². The highest BCUT2D eigenvalue weighted by molar-refractivity contribution is 7.90. The molecule has 1 aliphatic carbocycles. The number of ether oxygens (including phenoxy) is 1. The van der Waals surface area contributed by atoms with Crippen LogP contribution in [0.3, 0.4) is 0 Å². The summed E-state index contributed by atoms with van der Waals surface area (Å²) < 4.78 is 28.5. The Kier molecular flexibility index (Phi) is 6.08. The molecule has 1 aromatic rings. The number of carbonyl (C=O) groups is 1. The molecule has 0 spiro atoms. The molecule has 3 N–H and O–H groups in total. The van der Waals surface area contributed by atoms with Crippen LogP contribution in [0.15, 0.2) is 29.2 Å². The van der Waals surface area contributed by atoms with Crippen LogP contribution in [0.25, 0.3) is 0 Å². The summed E-state index contributed by atoms with van der Waals surface area (Å²) in [7, 11) is -3.26. The Balaban J connectivity index is 1.93. The lowest BCUT2D eigenvalue weighted by atomic mass is 10.1. The van der Waals surface area contributed by atoms with Gasteiger partial charge in [0.05, 0.1) is 23.6 Å². The Morgan fingerprint density at radius 2 is 1.84 bits per heavy atom. The van der Waals surface area contributed by atoms with Crippen molar-refractivity contribution in [3.8, 4) is 5.75 Å². The zero-order chi connectivity index (χ0) is 18.8. The van der Waals surface area contributed by atoms with Gasteiger partial charge >= 0.3 is 0 Å². The van der Waals surface area contributed by atoms with E-state index in [0.29, 0.717) is 12.2 Å². The Hall–Kier alpha value is -1.64. The van der Waals surface area contributed by atoms with Crippen molar-refractivity contribution >= 4 is 15.7 Å². The van der Waals surface area contributed by atoms with Crippen LogP contribution >= 0.6 is 0 Å². The van der Waals surface area contributed by atoms with Gasteiger partial charge in [-0.25, -0.2) is 8.42 Å². The van der Waals surface area contributed by atoms with Crippen molar-refractivity contribution in [1.82, 2.24) is 5.32 Å². The second kappa shape index (κ2) is 7.72. The number of carbonyl (C=O) groups excluding carboxylic acids is 1. The molecule has 8 heteroatoms. The molecule has 1 aliphatic rings. The number of aliphatic hydroxyl groups is 2. The Bertz CT molecular complexity index is 700. The lowest BCUT2D eigenvalue weighted by Crippen LogP contribution is -2.44. The van der Waals surface area contributed by atoms with Crippen LogP contribution in [-0.2, 0) is 14.6 Å². The zero-order valence-corrected chi connectivity index (χ0v) is 15.4. The quantitative estimate of drug-likeness (QED) is 0.665. The lowest BCUT2D eigenvalue weighted by molar-refractivity contribution is -0.125. The van der Waals surface area contributed by atoms with E-state index in [2.05, 4.69) is 5.32 Å². The van der Waals surface area contributed by atoms with Gasteiger partial charge in [-0.3, -0.25) is 4.79 Å². The molecule has 0 heterocycles. The van der Waals surface area contributed by atoms with Crippen molar-refractivity contribution in [2.75, 3.05) is 12.9 Å². The molecule has 140 valence electrons. The van der Waals surface area contributed by atoms with Gasteiger partial charge in [0.15, 0.2) is 9.84 Å². The zero-order valence-electron chi connectivity index (χ0n) is 14.5. The molecule has 0 saturated heterocycles. The summed E-state index contributed by atoms with van der Waals surface area (Å²) in [6.07, 6.45) is -0.496. The molecule has 1 fully saturated rings. The molecule has 0 aliphatic heterocycles. The third-order valence-electron chi connectivity index (χ3n) is 4.37. The van der Waals surface area contributed by atoms with Crippen LogP contribution in [0, 0.1) is 11.8 Å². The number of nitrogens with one attached hydrogen (secondary N) is 1. The highest BCUT2D eigenvalue weighted by atomic mass is 32.2. The first-order valence-corrected chi connectivity index (χ1v) is 10.1. The Morgan fingerprint density at radius 3 is 2.36 bits per heavy atom. The molecule has 1 amide bonds. The first-order valence-electron chi connectivity index (χ1n) is 8.19. The van der Waals surface area contributed by atoms with Crippen molar-refractivity contribution in [1.29, 1.82) is 0 Å². The lowest BCUT2D eigenvalue weighted by Gasteiger charge is -2.19. The summed E-state index contributed by atoms with van der Waals surface area (Å²) in [5, 5.41) is 23.0. The fraction of sp³-hybridized carbons (Fsp3) is 0.588. The minimum absolute atomic E-state index is 0.157. The maximum atomic E-state index is 11.8. The van der Waals surface area contributed by atoms with E-state index in [0.717, 1.165) is 6.26 Å². The number of rotatable bonds is 6. The Morgan fingerprint density at radius 1 is 1.24 bits per heavy atom. The highest BCUT2D eigenvalue weighted by Crippen LogP contribution is 2.28. The molecule has 2 rings (SSSR count). The number of amides is 1. The molecule has 0 radical (unpaired) electrons. The average molecular weight is 371 g/mol. The number of benzene rings is 1. The van der Waals surface area contributed by atoms with Crippen molar-refractivity contribution < 1.29 is 28.2 Å². The molecule has 0 aromatic heterocycles. The topological polar surface area (TPSA) is 113 Å². The normalized spacial score (nSPS) is 26.6.